The molecular weight excluding hydrogens is 265 g/mol. The van der Waals surface area contributed by atoms with Crippen molar-refractivity contribution in [1.82, 2.24) is 5.32 Å². The van der Waals surface area contributed by atoms with E-state index in [1.807, 2.05) is 0 Å². The van der Waals surface area contributed by atoms with Gasteiger partial charge in [0.1, 0.15) is 0 Å². The van der Waals surface area contributed by atoms with Gasteiger partial charge in [0.05, 0.1) is 16.7 Å². The van der Waals surface area contributed by atoms with E-state index in [0.717, 1.165) is 5.56 Å². The zero-order valence-electron chi connectivity index (χ0n) is 9.13. The number of amides is 1. The maximum atomic E-state index is 11.2. The number of benzene rings is 1. The van der Waals surface area contributed by atoms with Crippen molar-refractivity contribution >= 4 is 35.1 Å². The Labute approximate surface area is 109 Å². The van der Waals surface area contributed by atoms with Crippen LogP contribution in [0.15, 0.2) is 18.2 Å². The molecule has 0 saturated carbocycles. The Bertz CT molecular complexity index is 435. The van der Waals surface area contributed by atoms with Gasteiger partial charge in [-0.15, -0.1) is 0 Å². The number of halogens is 2. The second kappa shape index (κ2) is 6.47. The Hall–Kier alpha value is -1.26. The third-order valence-electron chi connectivity index (χ3n) is 1.90. The maximum Gasteiger partial charge on any atom is 0.396 e. The lowest BCUT2D eigenvalue weighted by Crippen LogP contribution is -2.32. The van der Waals surface area contributed by atoms with Crippen LogP contribution in [0, 0.1) is 0 Å². The lowest BCUT2D eigenvalue weighted by atomic mass is 10.2. The van der Waals surface area contributed by atoms with Crippen LogP contribution >= 0.6 is 23.2 Å². The van der Waals surface area contributed by atoms with Crippen molar-refractivity contribution in [3.05, 3.63) is 33.8 Å². The summed E-state index contributed by atoms with van der Waals surface area (Å²) in [7, 11) is 0. The molecule has 1 N–H and O–H groups in total. The monoisotopic (exact) mass is 275 g/mol. The molecular formula is C11H11Cl2NO3. The van der Waals surface area contributed by atoms with Crippen LogP contribution in [0.3, 0.4) is 0 Å². The molecule has 1 aromatic rings. The predicted octanol–water partition coefficient (Wildman–Crippen LogP) is 2.17. The molecule has 1 amide bonds. The van der Waals surface area contributed by atoms with Gasteiger partial charge in [0.2, 0.25) is 0 Å². The fraction of sp³-hybridized carbons (Fsp3) is 0.273. The first-order valence-electron chi connectivity index (χ1n) is 4.93. The quantitative estimate of drug-likeness (QED) is 0.680. The van der Waals surface area contributed by atoms with Gasteiger partial charge in [0.15, 0.2) is 0 Å². The molecule has 17 heavy (non-hydrogen) atoms. The number of hydrogen-bond acceptors (Lipinski definition) is 3. The van der Waals surface area contributed by atoms with Gasteiger partial charge in [0.25, 0.3) is 0 Å². The molecule has 0 bridgehead atoms. The van der Waals surface area contributed by atoms with Crippen LogP contribution in [0.4, 0.5) is 0 Å². The van der Waals surface area contributed by atoms with Crippen molar-refractivity contribution in [2.24, 2.45) is 0 Å². The van der Waals surface area contributed by atoms with Gasteiger partial charge in [-0.1, -0.05) is 29.3 Å². The van der Waals surface area contributed by atoms with Gasteiger partial charge in [-0.3, -0.25) is 4.79 Å². The first-order chi connectivity index (χ1) is 8.04. The number of esters is 1. The Morgan fingerprint density at radius 3 is 2.59 bits per heavy atom. The van der Waals surface area contributed by atoms with Gasteiger partial charge >= 0.3 is 11.9 Å². The summed E-state index contributed by atoms with van der Waals surface area (Å²) in [5.41, 5.74) is 0.747. The van der Waals surface area contributed by atoms with Crippen LogP contribution in [-0.2, 0) is 20.9 Å². The minimum absolute atomic E-state index is 0.166. The minimum Gasteiger partial charge on any atom is -0.459 e. The highest BCUT2D eigenvalue weighted by Gasteiger charge is 2.13. The minimum atomic E-state index is -0.896. The molecule has 0 aromatic heterocycles. The molecule has 4 nitrogen and oxygen atoms in total. The Kier molecular flexibility index (Phi) is 5.25. The van der Waals surface area contributed by atoms with E-state index in [4.69, 9.17) is 23.2 Å². The average molecular weight is 276 g/mol. The molecule has 0 radical (unpaired) electrons. The summed E-state index contributed by atoms with van der Waals surface area (Å²) in [6.07, 6.45) is 0. The standard InChI is InChI=1S/C11H11Cl2NO3/c1-2-17-11(16)10(15)14-6-7-3-4-8(12)9(13)5-7/h3-5H,2,6H2,1H3,(H,14,15). The fourth-order valence-electron chi connectivity index (χ4n) is 1.10. The number of nitrogens with one attached hydrogen (secondary N) is 1. The number of carbonyl (C=O) groups is 2. The van der Waals surface area contributed by atoms with E-state index in [9.17, 15) is 9.59 Å². The third-order valence-corrected chi connectivity index (χ3v) is 2.64. The molecule has 0 unspecified atom stereocenters. The molecule has 0 aliphatic carbocycles. The zero-order valence-corrected chi connectivity index (χ0v) is 10.6. The molecule has 0 atom stereocenters. The SMILES string of the molecule is CCOC(=O)C(=O)NCc1ccc(Cl)c(Cl)c1. The summed E-state index contributed by atoms with van der Waals surface area (Å²) in [6.45, 7) is 1.98. The highest BCUT2D eigenvalue weighted by Crippen LogP contribution is 2.22. The Balaban J connectivity index is 2.53. The first-order valence-corrected chi connectivity index (χ1v) is 5.69. The molecule has 0 heterocycles. The molecule has 1 rings (SSSR count). The average Bonchev–Trinajstić information content (AvgIpc) is 2.30. The molecule has 92 valence electrons. The summed E-state index contributed by atoms with van der Waals surface area (Å²) < 4.78 is 4.54. The lowest BCUT2D eigenvalue weighted by molar-refractivity contribution is -0.154. The fourth-order valence-corrected chi connectivity index (χ4v) is 1.42. The van der Waals surface area contributed by atoms with Crippen molar-refractivity contribution in [2.45, 2.75) is 13.5 Å². The van der Waals surface area contributed by atoms with Crippen molar-refractivity contribution in [3.8, 4) is 0 Å². The van der Waals surface area contributed by atoms with E-state index >= 15 is 0 Å². The van der Waals surface area contributed by atoms with E-state index in [1.165, 1.54) is 0 Å². The normalized spacial score (nSPS) is 9.82. The lowest BCUT2D eigenvalue weighted by Gasteiger charge is -2.05. The largest absolute Gasteiger partial charge is 0.459 e. The van der Waals surface area contributed by atoms with E-state index in [1.54, 1.807) is 25.1 Å². The maximum absolute atomic E-state index is 11.2. The highest BCUT2D eigenvalue weighted by atomic mass is 35.5. The van der Waals surface area contributed by atoms with Gasteiger partial charge in [-0.25, -0.2) is 4.79 Å². The Morgan fingerprint density at radius 2 is 2.00 bits per heavy atom. The van der Waals surface area contributed by atoms with E-state index < -0.39 is 11.9 Å². The molecule has 0 spiro atoms. The van der Waals surface area contributed by atoms with Crippen LogP contribution in [0.2, 0.25) is 10.0 Å². The van der Waals surface area contributed by atoms with E-state index in [-0.39, 0.29) is 13.2 Å². The van der Waals surface area contributed by atoms with Crippen molar-refractivity contribution in [1.29, 1.82) is 0 Å². The van der Waals surface area contributed by atoms with Gasteiger partial charge in [-0.05, 0) is 24.6 Å². The van der Waals surface area contributed by atoms with Crippen molar-refractivity contribution in [2.75, 3.05) is 6.61 Å². The van der Waals surface area contributed by atoms with Gasteiger partial charge < -0.3 is 10.1 Å². The summed E-state index contributed by atoms with van der Waals surface area (Å²) in [5.74, 6) is -1.68. The number of rotatable bonds is 3. The Morgan fingerprint density at radius 1 is 1.29 bits per heavy atom. The summed E-state index contributed by atoms with van der Waals surface area (Å²) >= 11 is 11.5. The molecule has 0 fully saturated rings. The van der Waals surface area contributed by atoms with Crippen LogP contribution in [0.5, 0.6) is 0 Å². The van der Waals surface area contributed by atoms with Crippen LogP contribution in [0.1, 0.15) is 12.5 Å². The molecule has 0 aliphatic rings. The van der Waals surface area contributed by atoms with Crippen molar-refractivity contribution < 1.29 is 14.3 Å². The summed E-state index contributed by atoms with van der Waals surface area (Å²) in [5, 5.41) is 3.25. The summed E-state index contributed by atoms with van der Waals surface area (Å²) in [4.78, 5) is 22.2. The second-order valence-corrected chi connectivity index (χ2v) is 3.97. The zero-order chi connectivity index (χ0) is 12.8. The molecule has 6 heteroatoms. The smallest absolute Gasteiger partial charge is 0.396 e. The predicted molar refractivity (Wildman–Crippen MR) is 64.9 cm³/mol. The molecule has 0 saturated heterocycles. The summed E-state index contributed by atoms with van der Waals surface area (Å²) in [6, 6.07) is 4.95. The number of hydrogen-bond donors (Lipinski definition) is 1. The number of carbonyl (C=O) groups excluding carboxylic acids is 2. The van der Waals surface area contributed by atoms with Crippen LogP contribution < -0.4 is 5.32 Å². The molecule has 1 aromatic carbocycles. The van der Waals surface area contributed by atoms with Gasteiger partial charge in [0, 0.05) is 6.54 Å². The number of ether oxygens (including phenoxy) is 1. The van der Waals surface area contributed by atoms with E-state index in [0.29, 0.717) is 10.0 Å². The third kappa shape index (κ3) is 4.24. The topological polar surface area (TPSA) is 55.4 Å². The highest BCUT2D eigenvalue weighted by molar-refractivity contribution is 6.42. The molecule has 0 aliphatic heterocycles. The van der Waals surface area contributed by atoms with Crippen molar-refractivity contribution in [3.63, 3.8) is 0 Å². The van der Waals surface area contributed by atoms with Crippen LogP contribution in [-0.4, -0.2) is 18.5 Å². The first kappa shape index (κ1) is 13.8. The second-order valence-electron chi connectivity index (χ2n) is 3.15. The van der Waals surface area contributed by atoms with E-state index in [2.05, 4.69) is 10.1 Å². The van der Waals surface area contributed by atoms with Gasteiger partial charge in [-0.2, -0.15) is 0 Å². The van der Waals surface area contributed by atoms with Crippen LogP contribution in [0.25, 0.3) is 0 Å².